The summed E-state index contributed by atoms with van der Waals surface area (Å²) in [5.74, 6) is -0.880. The largest absolute Gasteiger partial charge is 0.369 e. The van der Waals surface area contributed by atoms with Crippen molar-refractivity contribution >= 4 is 39.2 Å². The highest BCUT2D eigenvalue weighted by Gasteiger charge is 2.40. The molecule has 0 aliphatic carbocycles. The van der Waals surface area contributed by atoms with E-state index in [0.29, 0.717) is 11.1 Å². The van der Waals surface area contributed by atoms with Crippen LogP contribution in [0.15, 0.2) is 53.0 Å². The number of anilines is 1. The molecule has 0 bridgehead atoms. The Hall–Kier alpha value is -2.51. The lowest BCUT2D eigenvalue weighted by atomic mass is 10.1. The van der Waals surface area contributed by atoms with E-state index in [1.54, 1.807) is 31.2 Å². The fourth-order valence-corrected chi connectivity index (χ4v) is 4.14. The van der Waals surface area contributed by atoms with Crippen LogP contribution in [0.25, 0.3) is 0 Å². The summed E-state index contributed by atoms with van der Waals surface area (Å²) in [7, 11) is 0. The number of imide groups is 1. The Labute approximate surface area is 178 Å². The highest BCUT2D eigenvalue weighted by Crippen LogP contribution is 2.25. The van der Waals surface area contributed by atoms with E-state index in [9.17, 15) is 14.4 Å². The van der Waals surface area contributed by atoms with Gasteiger partial charge in [-0.25, -0.2) is 0 Å². The Balaban J connectivity index is 1.35. The number of carbonyl (C=O) groups excluding carboxylic acids is 3. The minimum atomic E-state index is -0.771. The molecule has 6 nitrogen and oxygen atoms in total. The molecule has 4 rings (SSSR count). The summed E-state index contributed by atoms with van der Waals surface area (Å²) in [6.07, 6.45) is 0. The molecule has 1 unspecified atom stereocenters. The van der Waals surface area contributed by atoms with E-state index in [2.05, 4.69) is 37.9 Å². The van der Waals surface area contributed by atoms with Gasteiger partial charge >= 0.3 is 0 Å². The minimum absolute atomic E-state index is 0.114. The second-order valence-electron chi connectivity index (χ2n) is 7.41. The first-order valence-electron chi connectivity index (χ1n) is 9.68. The van der Waals surface area contributed by atoms with Gasteiger partial charge in [-0.15, -0.1) is 0 Å². The molecule has 0 aromatic heterocycles. The topological polar surface area (TPSA) is 60.9 Å². The molecule has 0 spiro atoms. The second-order valence-corrected chi connectivity index (χ2v) is 8.32. The highest BCUT2D eigenvalue weighted by atomic mass is 79.9. The molecule has 2 aliphatic heterocycles. The molecule has 0 radical (unpaired) electrons. The van der Waals surface area contributed by atoms with Gasteiger partial charge in [0.2, 0.25) is 0 Å². The van der Waals surface area contributed by atoms with Gasteiger partial charge in [-0.1, -0.05) is 28.1 Å². The predicted molar refractivity (Wildman–Crippen MR) is 114 cm³/mol. The van der Waals surface area contributed by atoms with Gasteiger partial charge in [0.05, 0.1) is 23.7 Å². The number of benzene rings is 2. The van der Waals surface area contributed by atoms with E-state index in [1.807, 2.05) is 12.1 Å². The Kier molecular flexibility index (Phi) is 5.52. The number of rotatable bonds is 5. The molecule has 2 aromatic carbocycles. The number of hydrogen-bond acceptors (Lipinski definition) is 5. The summed E-state index contributed by atoms with van der Waals surface area (Å²) in [6.45, 7) is 5.06. The first-order valence-corrected chi connectivity index (χ1v) is 10.5. The number of halogens is 1. The standard InChI is InChI=1S/C22H22BrN3O3/c1-15(26-21(28)18-4-2-3-5-19(18)22(26)29)20(27)14-24-10-12-25(13-11-24)17-8-6-16(23)7-9-17/h2-9,15H,10-14H2,1H3. The smallest absolute Gasteiger partial charge is 0.262 e. The van der Waals surface area contributed by atoms with Crippen LogP contribution in [0, 0.1) is 0 Å². The lowest BCUT2D eigenvalue weighted by molar-refractivity contribution is -0.123. The number of hydrogen-bond donors (Lipinski definition) is 0. The Bertz CT molecular complexity index is 917. The molecule has 2 aliphatic rings. The molecule has 150 valence electrons. The number of piperazine rings is 1. The van der Waals surface area contributed by atoms with Crippen LogP contribution >= 0.6 is 15.9 Å². The third kappa shape index (κ3) is 3.84. The summed E-state index contributed by atoms with van der Waals surface area (Å²) in [5.41, 5.74) is 1.92. The van der Waals surface area contributed by atoms with Crippen molar-refractivity contribution in [1.29, 1.82) is 0 Å². The van der Waals surface area contributed by atoms with E-state index in [1.165, 1.54) is 5.69 Å². The van der Waals surface area contributed by atoms with Crippen molar-refractivity contribution in [2.45, 2.75) is 13.0 Å². The van der Waals surface area contributed by atoms with Gasteiger partial charge in [0, 0.05) is 36.3 Å². The van der Waals surface area contributed by atoms with Gasteiger partial charge in [-0.3, -0.25) is 24.2 Å². The number of Topliss-reactive ketones (excluding diaryl/α,β-unsaturated/α-hetero) is 1. The molecule has 0 saturated carbocycles. The van der Waals surface area contributed by atoms with Gasteiger partial charge in [0.15, 0.2) is 5.78 Å². The zero-order valence-corrected chi connectivity index (χ0v) is 17.8. The average molecular weight is 456 g/mol. The van der Waals surface area contributed by atoms with E-state index >= 15 is 0 Å². The van der Waals surface area contributed by atoms with Crippen LogP contribution in [-0.4, -0.2) is 66.2 Å². The minimum Gasteiger partial charge on any atom is -0.369 e. The summed E-state index contributed by atoms with van der Waals surface area (Å²) in [5, 5.41) is 0. The fraction of sp³-hybridized carbons (Fsp3) is 0.318. The normalized spacial score (nSPS) is 18.1. The molecule has 2 heterocycles. The van der Waals surface area contributed by atoms with Crippen LogP contribution in [0.2, 0.25) is 0 Å². The predicted octanol–water partition coefficient (Wildman–Crippen LogP) is 2.82. The number of amides is 2. The number of ketones is 1. The van der Waals surface area contributed by atoms with E-state index < -0.39 is 6.04 Å². The van der Waals surface area contributed by atoms with Crippen molar-refractivity contribution in [3.05, 3.63) is 64.1 Å². The van der Waals surface area contributed by atoms with Crippen LogP contribution in [0.3, 0.4) is 0 Å². The molecular weight excluding hydrogens is 434 g/mol. The van der Waals surface area contributed by atoms with Crippen LogP contribution in [0.5, 0.6) is 0 Å². The number of carbonyl (C=O) groups is 3. The Morgan fingerprint density at radius 1 is 0.931 bits per heavy atom. The Morgan fingerprint density at radius 2 is 1.48 bits per heavy atom. The van der Waals surface area contributed by atoms with Crippen molar-refractivity contribution < 1.29 is 14.4 Å². The first-order chi connectivity index (χ1) is 14.0. The summed E-state index contributed by atoms with van der Waals surface area (Å²) >= 11 is 3.45. The van der Waals surface area contributed by atoms with E-state index in [0.717, 1.165) is 35.6 Å². The second kappa shape index (κ2) is 8.08. The number of nitrogens with zero attached hydrogens (tertiary/aromatic N) is 3. The van der Waals surface area contributed by atoms with Crippen molar-refractivity contribution in [3.8, 4) is 0 Å². The van der Waals surface area contributed by atoms with Crippen molar-refractivity contribution in [3.63, 3.8) is 0 Å². The molecule has 29 heavy (non-hydrogen) atoms. The molecule has 2 amide bonds. The molecule has 0 N–H and O–H groups in total. The lowest BCUT2D eigenvalue weighted by Crippen LogP contribution is -2.51. The number of fused-ring (bicyclic) bond motifs is 1. The third-order valence-corrected chi connectivity index (χ3v) is 6.15. The zero-order chi connectivity index (χ0) is 20.5. The van der Waals surface area contributed by atoms with E-state index in [4.69, 9.17) is 0 Å². The average Bonchev–Trinajstić information content (AvgIpc) is 2.99. The monoisotopic (exact) mass is 455 g/mol. The van der Waals surface area contributed by atoms with Gasteiger partial charge in [0.1, 0.15) is 0 Å². The fourth-order valence-electron chi connectivity index (χ4n) is 3.87. The van der Waals surface area contributed by atoms with Gasteiger partial charge in [0.25, 0.3) is 11.8 Å². The zero-order valence-electron chi connectivity index (χ0n) is 16.2. The molecule has 2 aromatic rings. The maximum atomic E-state index is 12.8. The van der Waals surface area contributed by atoms with Gasteiger partial charge in [-0.2, -0.15) is 0 Å². The Morgan fingerprint density at radius 3 is 2.03 bits per heavy atom. The highest BCUT2D eigenvalue weighted by molar-refractivity contribution is 9.10. The third-order valence-electron chi connectivity index (χ3n) is 5.62. The van der Waals surface area contributed by atoms with Crippen molar-refractivity contribution in [1.82, 2.24) is 9.80 Å². The maximum Gasteiger partial charge on any atom is 0.262 e. The van der Waals surface area contributed by atoms with E-state index in [-0.39, 0.29) is 24.1 Å². The molecule has 1 fully saturated rings. The summed E-state index contributed by atoms with van der Waals surface area (Å²) in [4.78, 5) is 43.5. The SMILES string of the molecule is CC(C(=O)CN1CCN(c2ccc(Br)cc2)CC1)N1C(=O)c2ccccc2C1=O. The van der Waals surface area contributed by atoms with Crippen LogP contribution in [0.4, 0.5) is 5.69 Å². The maximum absolute atomic E-state index is 12.8. The summed E-state index contributed by atoms with van der Waals surface area (Å²) < 4.78 is 1.05. The van der Waals surface area contributed by atoms with Gasteiger partial charge < -0.3 is 4.90 Å². The van der Waals surface area contributed by atoms with Crippen LogP contribution in [-0.2, 0) is 4.79 Å². The quantitative estimate of drug-likeness (QED) is 0.648. The first kappa shape index (κ1) is 19.8. The molecule has 1 saturated heterocycles. The molecule has 1 atom stereocenters. The van der Waals surface area contributed by atoms with Gasteiger partial charge in [-0.05, 0) is 43.3 Å². The lowest BCUT2D eigenvalue weighted by Gasteiger charge is -2.36. The van der Waals surface area contributed by atoms with Crippen molar-refractivity contribution in [2.75, 3.05) is 37.6 Å². The van der Waals surface area contributed by atoms with Crippen LogP contribution in [0.1, 0.15) is 27.6 Å². The summed E-state index contributed by atoms with van der Waals surface area (Å²) in [6, 6.07) is 14.2. The molecule has 7 heteroatoms. The van der Waals surface area contributed by atoms with Crippen LogP contribution < -0.4 is 4.90 Å². The molecular formula is C22H22BrN3O3. The van der Waals surface area contributed by atoms with Crippen molar-refractivity contribution in [2.24, 2.45) is 0 Å².